The number of nitrogens with zero attached hydrogens (tertiary/aromatic N) is 1. The molecule has 3 amide bonds. The van der Waals surface area contributed by atoms with Crippen molar-refractivity contribution in [2.75, 3.05) is 16.0 Å². The first-order valence-corrected chi connectivity index (χ1v) is 10.3. The van der Waals surface area contributed by atoms with Gasteiger partial charge >= 0.3 is 6.03 Å². The minimum absolute atomic E-state index is 0.142. The van der Waals surface area contributed by atoms with Crippen LogP contribution in [0.3, 0.4) is 0 Å². The molecule has 0 fully saturated rings. The molecule has 150 valence electrons. The number of anilines is 3. The van der Waals surface area contributed by atoms with Crippen molar-refractivity contribution in [2.45, 2.75) is 33.1 Å². The van der Waals surface area contributed by atoms with Gasteiger partial charge in [0.2, 0.25) is 5.91 Å². The van der Waals surface area contributed by atoms with Crippen molar-refractivity contribution in [3.05, 3.63) is 70.7 Å². The predicted octanol–water partition coefficient (Wildman–Crippen LogP) is 5.40. The zero-order chi connectivity index (χ0) is 20.8. The van der Waals surface area contributed by atoms with Crippen molar-refractivity contribution >= 4 is 39.8 Å². The topological polar surface area (TPSA) is 83.1 Å². The lowest BCUT2D eigenvalue weighted by Gasteiger charge is -2.08. The van der Waals surface area contributed by atoms with Gasteiger partial charge in [0, 0.05) is 16.8 Å². The van der Waals surface area contributed by atoms with E-state index in [1.54, 1.807) is 5.38 Å². The van der Waals surface area contributed by atoms with E-state index >= 15 is 0 Å². The van der Waals surface area contributed by atoms with Gasteiger partial charge in [0.15, 0.2) is 5.13 Å². The third kappa shape index (κ3) is 6.15. The maximum absolute atomic E-state index is 12.3. The van der Waals surface area contributed by atoms with Crippen LogP contribution in [0.25, 0.3) is 0 Å². The molecule has 7 heteroatoms. The zero-order valence-electron chi connectivity index (χ0n) is 16.7. The second-order valence-corrected chi connectivity index (χ2v) is 7.95. The summed E-state index contributed by atoms with van der Waals surface area (Å²) in [6, 6.07) is 15.0. The van der Waals surface area contributed by atoms with E-state index in [2.05, 4.69) is 34.8 Å². The van der Waals surface area contributed by atoms with E-state index in [0.717, 1.165) is 11.3 Å². The molecule has 0 aliphatic rings. The summed E-state index contributed by atoms with van der Waals surface area (Å²) in [7, 11) is 0. The number of amides is 3. The van der Waals surface area contributed by atoms with E-state index in [1.807, 2.05) is 55.5 Å². The Morgan fingerprint density at radius 3 is 2.45 bits per heavy atom. The average Bonchev–Trinajstić information content (AvgIpc) is 3.08. The summed E-state index contributed by atoms with van der Waals surface area (Å²) in [6.07, 6.45) is 0.142. The quantitative estimate of drug-likeness (QED) is 0.511. The maximum atomic E-state index is 12.3. The Kier molecular flexibility index (Phi) is 6.61. The highest BCUT2D eigenvalue weighted by Gasteiger charge is 2.11. The summed E-state index contributed by atoms with van der Waals surface area (Å²) in [5, 5.41) is 10.5. The largest absolute Gasteiger partial charge is 0.326 e. The van der Waals surface area contributed by atoms with E-state index in [0.29, 0.717) is 22.4 Å². The molecule has 3 aromatic rings. The number of thiazole rings is 1. The molecule has 0 radical (unpaired) electrons. The molecule has 1 aromatic heterocycles. The van der Waals surface area contributed by atoms with Gasteiger partial charge in [0.05, 0.1) is 12.1 Å². The van der Waals surface area contributed by atoms with Crippen LogP contribution in [-0.2, 0) is 11.2 Å². The summed E-state index contributed by atoms with van der Waals surface area (Å²) >= 11 is 1.28. The molecule has 0 unspecified atom stereocenters. The van der Waals surface area contributed by atoms with Crippen LogP contribution in [0.15, 0.2) is 53.9 Å². The number of aromatic nitrogens is 1. The van der Waals surface area contributed by atoms with Crippen LogP contribution in [0.5, 0.6) is 0 Å². The molecule has 0 spiro atoms. The second-order valence-electron chi connectivity index (χ2n) is 7.09. The van der Waals surface area contributed by atoms with Crippen molar-refractivity contribution in [1.29, 1.82) is 0 Å². The van der Waals surface area contributed by atoms with Gasteiger partial charge in [-0.25, -0.2) is 9.78 Å². The Labute approximate surface area is 174 Å². The van der Waals surface area contributed by atoms with E-state index in [-0.39, 0.29) is 18.4 Å². The molecule has 0 aliphatic carbocycles. The van der Waals surface area contributed by atoms with Crippen LogP contribution in [0.4, 0.5) is 21.3 Å². The van der Waals surface area contributed by atoms with Crippen LogP contribution in [0.2, 0.25) is 0 Å². The van der Waals surface area contributed by atoms with Crippen molar-refractivity contribution in [3.63, 3.8) is 0 Å². The smallest absolute Gasteiger partial charge is 0.325 e. The Bertz CT molecular complexity index is 996. The van der Waals surface area contributed by atoms with E-state index in [1.165, 1.54) is 16.9 Å². The summed E-state index contributed by atoms with van der Waals surface area (Å²) in [4.78, 5) is 28.7. The Morgan fingerprint density at radius 1 is 1.00 bits per heavy atom. The van der Waals surface area contributed by atoms with Crippen molar-refractivity contribution < 1.29 is 9.59 Å². The predicted molar refractivity (Wildman–Crippen MR) is 119 cm³/mol. The fourth-order valence-electron chi connectivity index (χ4n) is 2.75. The van der Waals surface area contributed by atoms with Crippen molar-refractivity contribution in [1.82, 2.24) is 4.98 Å². The highest BCUT2D eigenvalue weighted by Crippen LogP contribution is 2.19. The fraction of sp³-hybridized carbons (Fsp3) is 0.227. The second kappa shape index (κ2) is 9.34. The number of rotatable bonds is 6. The molecule has 0 saturated heterocycles. The minimum Gasteiger partial charge on any atom is -0.326 e. The monoisotopic (exact) mass is 408 g/mol. The summed E-state index contributed by atoms with van der Waals surface area (Å²) < 4.78 is 0. The SMILES string of the molecule is Cc1cccc(NC(=O)Nc2nc(CC(=O)Nc3ccc(C(C)C)cc3)cs2)c1. The average molecular weight is 409 g/mol. The molecule has 0 bridgehead atoms. The van der Waals surface area contributed by atoms with Gasteiger partial charge in [-0.2, -0.15) is 0 Å². The van der Waals surface area contributed by atoms with E-state index in [4.69, 9.17) is 0 Å². The molecule has 0 saturated carbocycles. The molecule has 29 heavy (non-hydrogen) atoms. The lowest BCUT2D eigenvalue weighted by molar-refractivity contribution is -0.115. The Hall–Kier alpha value is -3.19. The first-order chi connectivity index (χ1) is 13.9. The Morgan fingerprint density at radius 2 is 1.76 bits per heavy atom. The lowest BCUT2D eigenvalue weighted by Crippen LogP contribution is -2.19. The van der Waals surface area contributed by atoms with Crippen LogP contribution < -0.4 is 16.0 Å². The number of urea groups is 1. The highest BCUT2D eigenvalue weighted by molar-refractivity contribution is 7.14. The standard InChI is InChI=1S/C22H24N4O2S/c1-14(2)16-7-9-17(10-8-16)23-20(27)12-19-13-29-22(25-19)26-21(28)24-18-6-4-5-15(3)11-18/h4-11,13-14H,12H2,1-3H3,(H,23,27)(H2,24,25,26,28). The normalized spacial score (nSPS) is 10.6. The van der Waals surface area contributed by atoms with Gasteiger partial charge < -0.3 is 10.6 Å². The van der Waals surface area contributed by atoms with E-state index < -0.39 is 0 Å². The number of nitrogens with one attached hydrogen (secondary N) is 3. The third-order valence-electron chi connectivity index (χ3n) is 4.25. The van der Waals surface area contributed by atoms with Gasteiger partial charge in [-0.15, -0.1) is 11.3 Å². The number of hydrogen-bond acceptors (Lipinski definition) is 4. The number of carbonyl (C=O) groups excluding carboxylic acids is 2. The summed E-state index contributed by atoms with van der Waals surface area (Å²) in [6.45, 7) is 6.21. The van der Waals surface area contributed by atoms with Gasteiger partial charge in [0.1, 0.15) is 0 Å². The van der Waals surface area contributed by atoms with Crippen LogP contribution in [0, 0.1) is 6.92 Å². The van der Waals surface area contributed by atoms with Crippen LogP contribution >= 0.6 is 11.3 Å². The molecule has 0 atom stereocenters. The number of hydrogen-bond donors (Lipinski definition) is 3. The minimum atomic E-state index is -0.369. The first kappa shape index (κ1) is 20.5. The molecular weight excluding hydrogens is 384 g/mol. The van der Waals surface area contributed by atoms with Crippen LogP contribution in [-0.4, -0.2) is 16.9 Å². The Balaban J connectivity index is 1.51. The zero-order valence-corrected chi connectivity index (χ0v) is 17.5. The highest BCUT2D eigenvalue weighted by atomic mass is 32.1. The third-order valence-corrected chi connectivity index (χ3v) is 5.06. The van der Waals surface area contributed by atoms with Gasteiger partial charge in [0.25, 0.3) is 0 Å². The van der Waals surface area contributed by atoms with Gasteiger partial charge in [-0.05, 0) is 48.2 Å². The first-order valence-electron chi connectivity index (χ1n) is 9.38. The van der Waals surface area contributed by atoms with Crippen LogP contribution in [0.1, 0.15) is 36.6 Å². The molecule has 1 heterocycles. The molecule has 3 N–H and O–H groups in total. The van der Waals surface area contributed by atoms with Crippen molar-refractivity contribution in [2.24, 2.45) is 0 Å². The molecule has 6 nitrogen and oxygen atoms in total. The molecule has 2 aromatic carbocycles. The van der Waals surface area contributed by atoms with E-state index in [9.17, 15) is 9.59 Å². The molecule has 3 rings (SSSR count). The summed E-state index contributed by atoms with van der Waals surface area (Å²) in [5.74, 6) is 0.298. The molecule has 0 aliphatic heterocycles. The fourth-order valence-corrected chi connectivity index (χ4v) is 3.45. The van der Waals surface area contributed by atoms with Gasteiger partial charge in [-0.1, -0.05) is 38.1 Å². The maximum Gasteiger partial charge on any atom is 0.325 e. The molecular formula is C22H24N4O2S. The number of carbonyl (C=O) groups is 2. The van der Waals surface area contributed by atoms with Crippen molar-refractivity contribution in [3.8, 4) is 0 Å². The lowest BCUT2D eigenvalue weighted by atomic mass is 10.0. The van der Waals surface area contributed by atoms with Gasteiger partial charge in [-0.3, -0.25) is 10.1 Å². The summed E-state index contributed by atoms with van der Waals surface area (Å²) in [5.41, 5.74) is 4.36. The number of benzene rings is 2. The number of aryl methyl sites for hydroxylation is 1.